The van der Waals surface area contributed by atoms with Crippen LogP contribution in [0.3, 0.4) is 0 Å². The molecule has 1 aromatic heterocycles. The van der Waals surface area contributed by atoms with E-state index in [4.69, 9.17) is 30.4 Å². The van der Waals surface area contributed by atoms with Crippen molar-refractivity contribution < 1.29 is 61.3 Å². The molecule has 19 nitrogen and oxygen atoms in total. The summed E-state index contributed by atoms with van der Waals surface area (Å²) in [6.45, 7) is 14.1. The Labute approximate surface area is 460 Å². The van der Waals surface area contributed by atoms with Crippen molar-refractivity contribution in [2.45, 2.75) is 85.5 Å². The summed E-state index contributed by atoms with van der Waals surface area (Å²) in [6, 6.07) is 18.2. The molecule has 0 saturated carbocycles. The van der Waals surface area contributed by atoms with E-state index in [0.29, 0.717) is 44.0 Å². The summed E-state index contributed by atoms with van der Waals surface area (Å²) in [5.74, 6) is -4.98. The number of ether oxygens (including phenoxy) is 4. The van der Waals surface area contributed by atoms with Crippen LogP contribution in [0.15, 0.2) is 97.2 Å². The second kappa shape index (κ2) is 30.8. The summed E-state index contributed by atoms with van der Waals surface area (Å²) >= 11 is 0. The fraction of sp³-hybridized carbons (Fsp3) is 0.466. The molecule has 1 aliphatic rings. The van der Waals surface area contributed by atoms with Gasteiger partial charge in [0.1, 0.15) is 23.7 Å². The molecule has 3 aromatic carbocycles. The third-order valence-corrected chi connectivity index (χ3v) is 12.9. The molecule has 1 aliphatic heterocycles. The van der Waals surface area contributed by atoms with Crippen molar-refractivity contribution in [1.82, 2.24) is 25.0 Å². The summed E-state index contributed by atoms with van der Waals surface area (Å²) in [4.78, 5) is 94.5. The van der Waals surface area contributed by atoms with E-state index in [2.05, 4.69) is 10.6 Å². The molecule has 3 atom stereocenters. The van der Waals surface area contributed by atoms with Gasteiger partial charge in [-0.1, -0.05) is 65.0 Å². The number of primary amides is 1. The van der Waals surface area contributed by atoms with E-state index in [9.17, 15) is 38.0 Å². The Hall–Kier alpha value is -7.17. The summed E-state index contributed by atoms with van der Waals surface area (Å²) in [5.41, 5.74) is 13.9. The van der Waals surface area contributed by atoms with E-state index < -0.39 is 70.6 Å². The van der Waals surface area contributed by atoms with E-state index in [1.165, 1.54) is 24.0 Å². The predicted octanol–water partition coefficient (Wildman–Crippen LogP) is 5.30. The van der Waals surface area contributed by atoms with Crippen LogP contribution >= 0.6 is 0 Å². The molecule has 0 unspecified atom stereocenters. The van der Waals surface area contributed by atoms with Crippen LogP contribution in [-0.4, -0.2) is 147 Å². The second-order valence-corrected chi connectivity index (χ2v) is 20.4. The van der Waals surface area contributed by atoms with Gasteiger partial charge in [0.2, 0.25) is 17.7 Å². The minimum atomic E-state index is -1.15. The van der Waals surface area contributed by atoms with Gasteiger partial charge in [-0.15, -0.1) is 0 Å². The van der Waals surface area contributed by atoms with Crippen molar-refractivity contribution in [2.24, 2.45) is 22.8 Å². The van der Waals surface area contributed by atoms with Gasteiger partial charge in [-0.3, -0.25) is 43.4 Å². The monoisotopic (exact) mass is 1100 g/mol. The molecule has 0 aliphatic carbocycles. The van der Waals surface area contributed by atoms with Gasteiger partial charge in [0.25, 0.3) is 23.6 Å². The molecule has 0 fully saturated rings. The number of aromatic nitrogens is 1. The van der Waals surface area contributed by atoms with Crippen LogP contribution in [0, 0.1) is 23.0 Å². The molecule has 0 saturated heterocycles. The molecule has 428 valence electrons. The first-order chi connectivity index (χ1) is 37.7. The molecule has 21 heteroatoms. The van der Waals surface area contributed by atoms with E-state index in [1.54, 1.807) is 55.3 Å². The average molecular weight is 1100 g/mol. The van der Waals surface area contributed by atoms with Gasteiger partial charge in [-0.2, -0.15) is 0 Å². The van der Waals surface area contributed by atoms with Gasteiger partial charge < -0.3 is 50.5 Å². The number of carbonyl (C=O) groups is 7. The number of amides is 7. The van der Waals surface area contributed by atoms with Crippen molar-refractivity contribution in [3.05, 3.63) is 126 Å². The van der Waals surface area contributed by atoms with Crippen molar-refractivity contribution >= 4 is 47.0 Å². The maximum absolute atomic E-state index is 15.3. The Balaban J connectivity index is 1.14. The quantitative estimate of drug-likeness (QED) is 0.0351. The zero-order chi connectivity index (χ0) is 57.6. The number of hydrogen-bond donors (Lipinski definition) is 4. The number of halogens is 2. The number of carbonyl (C=O) groups excluding carboxylic acids is 7. The highest BCUT2D eigenvalue weighted by Gasteiger charge is 2.39. The van der Waals surface area contributed by atoms with E-state index >= 15 is 4.39 Å². The number of imide groups is 1. The Morgan fingerprint density at radius 2 is 1.35 bits per heavy atom. The lowest BCUT2D eigenvalue weighted by atomic mass is 9.82. The van der Waals surface area contributed by atoms with Crippen LogP contribution in [0.5, 0.6) is 0 Å². The van der Waals surface area contributed by atoms with Crippen molar-refractivity contribution in [3.63, 3.8) is 0 Å². The lowest BCUT2D eigenvalue weighted by Crippen LogP contribution is -2.56. The van der Waals surface area contributed by atoms with Crippen molar-refractivity contribution in [2.75, 3.05) is 83.9 Å². The normalized spacial score (nSPS) is 13.6. The van der Waals surface area contributed by atoms with Crippen LogP contribution in [0.4, 0.5) is 14.5 Å². The smallest absolute Gasteiger partial charge is 0.254 e. The minimum Gasteiger partial charge on any atom is -0.379 e. The standard InChI is InChI=1S/C58H76F2N8O11/c1-39(2)53(64-50(70)22-27-76-29-31-78-33-34-79-32-30-77-28-24-63-49(69)21-26-66-51(71)19-20-52(66)72)57(75)68(40(3)55(62)73)45-16-13-42(14-17-45)56(74)67(25-10-23-61)54(58(4,5)6)48-35-43(46-36-44(59)15-18-47(46)60)38-65(48)37-41-11-8-7-9-12-41/h7-9,11-20,35-36,38-40,53-54H,10,21-34,37,61H2,1-6H3,(H2,62,73)(H,63,69)(H,64,70)/t40-,53-,54-/m0/s1. The van der Waals surface area contributed by atoms with Gasteiger partial charge in [0, 0.05) is 85.4 Å². The van der Waals surface area contributed by atoms with Crippen LogP contribution in [0.1, 0.15) is 88.5 Å². The fourth-order valence-corrected chi connectivity index (χ4v) is 8.87. The molecule has 0 spiro atoms. The Morgan fingerprint density at radius 3 is 1.94 bits per heavy atom. The second-order valence-electron chi connectivity index (χ2n) is 20.4. The molecule has 79 heavy (non-hydrogen) atoms. The number of anilines is 1. The summed E-state index contributed by atoms with van der Waals surface area (Å²) in [7, 11) is 0. The van der Waals surface area contributed by atoms with E-state index in [1.807, 2.05) is 55.7 Å². The summed E-state index contributed by atoms with van der Waals surface area (Å²) in [6.07, 6.45) is 4.49. The van der Waals surface area contributed by atoms with Gasteiger partial charge in [0.15, 0.2) is 0 Å². The molecule has 2 heterocycles. The molecule has 0 radical (unpaired) electrons. The predicted molar refractivity (Wildman–Crippen MR) is 293 cm³/mol. The lowest BCUT2D eigenvalue weighted by molar-refractivity contribution is -0.137. The zero-order valence-electron chi connectivity index (χ0n) is 46.1. The Bertz CT molecular complexity index is 2690. The average Bonchev–Trinajstić information content (AvgIpc) is 4.20. The maximum atomic E-state index is 15.3. The van der Waals surface area contributed by atoms with Gasteiger partial charge in [-0.05, 0) is 85.3 Å². The lowest BCUT2D eigenvalue weighted by Gasteiger charge is -2.41. The number of benzene rings is 3. The summed E-state index contributed by atoms with van der Waals surface area (Å²) in [5, 5.41) is 5.46. The SMILES string of the molecule is CC(C)[C@H](NC(=O)CCOCCOCCOCCOCCNC(=O)CCN1C(=O)C=CC1=O)C(=O)N(c1ccc(C(=O)N(CCCN)[C@@H](c2cc(-c3cc(F)ccc3F)cn2Cc2ccccc2)C(C)(C)C)cc1)[C@@H](C)C(N)=O. The first kappa shape index (κ1) is 62.7. The van der Waals surface area contributed by atoms with Crippen LogP contribution in [-0.2, 0) is 54.3 Å². The molecule has 4 aromatic rings. The summed E-state index contributed by atoms with van der Waals surface area (Å²) < 4.78 is 53.9. The number of nitrogens with two attached hydrogens (primary N) is 2. The number of nitrogens with zero attached hydrogens (tertiary/aromatic N) is 4. The van der Waals surface area contributed by atoms with Crippen LogP contribution < -0.4 is 27.0 Å². The molecular weight excluding hydrogens is 1020 g/mol. The van der Waals surface area contributed by atoms with Gasteiger partial charge in [0.05, 0.1) is 58.9 Å². The molecule has 0 bridgehead atoms. The molecule has 7 amide bonds. The highest BCUT2D eigenvalue weighted by Crippen LogP contribution is 2.42. The topological polar surface area (TPSA) is 247 Å². The fourth-order valence-electron chi connectivity index (χ4n) is 8.87. The molecular formula is C58H76F2N8O11. The van der Waals surface area contributed by atoms with Gasteiger partial charge in [-0.25, -0.2) is 8.78 Å². The third-order valence-electron chi connectivity index (χ3n) is 12.9. The van der Waals surface area contributed by atoms with Crippen LogP contribution in [0.25, 0.3) is 11.1 Å². The number of nitrogens with one attached hydrogen (secondary N) is 2. The zero-order valence-corrected chi connectivity index (χ0v) is 46.1. The molecule has 6 N–H and O–H groups in total. The van der Waals surface area contributed by atoms with Crippen molar-refractivity contribution in [3.8, 4) is 11.1 Å². The van der Waals surface area contributed by atoms with E-state index in [0.717, 1.165) is 28.7 Å². The maximum Gasteiger partial charge on any atom is 0.254 e. The Morgan fingerprint density at radius 1 is 0.747 bits per heavy atom. The van der Waals surface area contributed by atoms with Gasteiger partial charge >= 0.3 is 0 Å². The van der Waals surface area contributed by atoms with Crippen LogP contribution in [0.2, 0.25) is 0 Å². The van der Waals surface area contributed by atoms with Crippen molar-refractivity contribution in [1.29, 1.82) is 0 Å². The first-order valence-corrected chi connectivity index (χ1v) is 26.5. The first-order valence-electron chi connectivity index (χ1n) is 26.5. The highest BCUT2D eigenvalue weighted by molar-refractivity contribution is 6.13. The minimum absolute atomic E-state index is 0.000895. The van der Waals surface area contributed by atoms with E-state index in [-0.39, 0.29) is 101 Å². The number of rotatable bonds is 33. The third kappa shape index (κ3) is 18.7. The highest BCUT2D eigenvalue weighted by atomic mass is 19.1. The molecule has 5 rings (SSSR count). The Kier molecular flexibility index (Phi) is 24.5. The number of hydrogen-bond acceptors (Lipinski definition) is 12. The largest absolute Gasteiger partial charge is 0.379 e.